The fourth-order valence-electron chi connectivity index (χ4n) is 1.69. The Hall–Kier alpha value is -2.51. The van der Waals surface area contributed by atoms with E-state index in [1.165, 1.54) is 6.07 Å². The molecule has 0 aliphatic rings. The molecule has 0 saturated carbocycles. The minimum atomic E-state index is -0.286. The van der Waals surface area contributed by atoms with Crippen LogP contribution in [0.4, 0.5) is 5.69 Å². The van der Waals surface area contributed by atoms with Crippen molar-refractivity contribution < 1.29 is 4.79 Å². The van der Waals surface area contributed by atoms with Gasteiger partial charge in [0, 0.05) is 12.2 Å². The predicted octanol–water partition coefficient (Wildman–Crippen LogP) is 2.72. The van der Waals surface area contributed by atoms with Gasteiger partial charge in [0.1, 0.15) is 0 Å². The van der Waals surface area contributed by atoms with Gasteiger partial charge in [0.05, 0.1) is 22.2 Å². The lowest BCUT2D eigenvalue weighted by Gasteiger charge is -2.07. The number of rotatable bonds is 3. The lowest BCUT2D eigenvalue weighted by Crippen LogP contribution is -2.23. The van der Waals surface area contributed by atoms with E-state index in [9.17, 15) is 4.79 Å². The number of nitrogens with one attached hydrogen (secondary N) is 1. The van der Waals surface area contributed by atoms with E-state index in [2.05, 4.69) is 5.32 Å². The predicted molar refractivity (Wildman–Crippen MR) is 78.2 cm³/mol. The van der Waals surface area contributed by atoms with Gasteiger partial charge in [-0.2, -0.15) is 5.26 Å². The molecule has 20 heavy (non-hydrogen) atoms. The minimum Gasteiger partial charge on any atom is -0.399 e. The van der Waals surface area contributed by atoms with E-state index in [-0.39, 0.29) is 5.91 Å². The van der Waals surface area contributed by atoms with Crippen molar-refractivity contribution in [3.8, 4) is 6.07 Å². The second-order valence-electron chi connectivity index (χ2n) is 4.23. The number of nitriles is 1. The van der Waals surface area contributed by atoms with Crippen molar-refractivity contribution in [1.29, 1.82) is 5.26 Å². The zero-order chi connectivity index (χ0) is 14.5. The van der Waals surface area contributed by atoms with Crippen molar-refractivity contribution in [2.24, 2.45) is 0 Å². The summed E-state index contributed by atoms with van der Waals surface area (Å²) >= 11 is 5.96. The molecule has 2 aromatic rings. The highest BCUT2D eigenvalue weighted by atomic mass is 35.5. The number of carbonyl (C=O) groups excluding carboxylic acids is 1. The third kappa shape index (κ3) is 3.28. The molecule has 0 heterocycles. The first-order valence-corrected chi connectivity index (χ1v) is 6.30. The largest absolute Gasteiger partial charge is 0.399 e. The summed E-state index contributed by atoms with van der Waals surface area (Å²) < 4.78 is 0. The Balaban J connectivity index is 2.04. The highest BCUT2D eigenvalue weighted by Gasteiger charge is 2.10. The molecule has 0 bridgehead atoms. The van der Waals surface area contributed by atoms with Gasteiger partial charge in [-0.25, -0.2) is 0 Å². The quantitative estimate of drug-likeness (QED) is 0.851. The van der Waals surface area contributed by atoms with Crippen LogP contribution >= 0.6 is 11.6 Å². The average Bonchev–Trinajstić information content (AvgIpc) is 2.47. The fourth-order valence-corrected chi connectivity index (χ4v) is 1.89. The van der Waals surface area contributed by atoms with Gasteiger partial charge < -0.3 is 11.1 Å². The monoisotopic (exact) mass is 285 g/mol. The van der Waals surface area contributed by atoms with E-state index >= 15 is 0 Å². The van der Waals surface area contributed by atoms with Crippen molar-refractivity contribution in [2.75, 3.05) is 5.73 Å². The Morgan fingerprint density at radius 2 is 1.95 bits per heavy atom. The first kappa shape index (κ1) is 13.9. The molecule has 0 saturated heterocycles. The Kier molecular flexibility index (Phi) is 4.24. The number of halogens is 1. The number of hydrogen-bond acceptors (Lipinski definition) is 3. The molecule has 2 rings (SSSR count). The molecular formula is C15H12ClN3O. The first-order valence-electron chi connectivity index (χ1n) is 5.92. The van der Waals surface area contributed by atoms with E-state index in [4.69, 9.17) is 22.6 Å². The second kappa shape index (κ2) is 6.09. The maximum absolute atomic E-state index is 12.0. The van der Waals surface area contributed by atoms with Crippen LogP contribution in [0.25, 0.3) is 0 Å². The molecule has 0 aliphatic carbocycles. The fraction of sp³-hybridized carbons (Fsp3) is 0.0667. The molecule has 0 aliphatic heterocycles. The molecule has 4 nitrogen and oxygen atoms in total. The first-order chi connectivity index (χ1) is 9.60. The minimum absolute atomic E-state index is 0.286. The van der Waals surface area contributed by atoms with E-state index in [0.29, 0.717) is 28.4 Å². The SMILES string of the molecule is N#Cc1ccc(CNC(=O)c2cc(N)ccc2Cl)cc1. The number of nitrogens with zero attached hydrogens (tertiary/aromatic N) is 1. The van der Waals surface area contributed by atoms with E-state index < -0.39 is 0 Å². The van der Waals surface area contributed by atoms with Gasteiger partial charge in [-0.3, -0.25) is 4.79 Å². The summed E-state index contributed by atoms with van der Waals surface area (Å²) in [6.45, 7) is 0.357. The van der Waals surface area contributed by atoms with Crippen LogP contribution in [0.15, 0.2) is 42.5 Å². The Labute approximate surface area is 121 Å². The van der Waals surface area contributed by atoms with Gasteiger partial charge in [0.2, 0.25) is 0 Å². The summed E-state index contributed by atoms with van der Waals surface area (Å²) in [7, 11) is 0. The number of nitrogen functional groups attached to an aromatic ring is 1. The maximum atomic E-state index is 12.0. The van der Waals surface area contributed by atoms with Crippen molar-refractivity contribution in [3.05, 3.63) is 64.2 Å². The number of nitrogens with two attached hydrogens (primary N) is 1. The van der Waals surface area contributed by atoms with Gasteiger partial charge >= 0.3 is 0 Å². The molecule has 100 valence electrons. The maximum Gasteiger partial charge on any atom is 0.253 e. The highest BCUT2D eigenvalue weighted by molar-refractivity contribution is 6.34. The normalized spacial score (nSPS) is 9.80. The molecule has 3 N–H and O–H groups in total. The van der Waals surface area contributed by atoms with Gasteiger partial charge in [0.15, 0.2) is 0 Å². The molecule has 2 aromatic carbocycles. The van der Waals surface area contributed by atoms with Gasteiger partial charge in [-0.15, -0.1) is 0 Å². The van der Waals surface area contributed by atoms with Crippen LogP contribution in [0.3, 0.4) is 0 Å². The lowest BCUT2D eigenvalue weighted by atomic mass is 10.1. The number of benzene rings is 2. The topological polar surface area (TPSA) is 78.9 Å². The second-order valence-corrected chi connectivity index (χ2v) is 4.64. The van der Waals surface area contributed by atoms with Crippen LogP contribution in [-0.4, -0.2) is 5.91 Å². The van der Waals surface area contributed by atoms with E-state index in [1.54, 1.807) is 36.4 Å². The molecule has 0 radical (unpaired) electrons. The van der Waals surface area contributed by atoms with Crippen LogP contribution in [0.1, 0.15) is 21.5 Å². The van der Waals surface area contributed by atoms with Crippen LogP contribution < -0.4 is 11.1 Å². The summed E-state index contributed by atoms with van der Waals surface area (Å²) in [5, 5.41) is 11.8. The molecule has 0 spiro atoms. The highest BCUT2D eigenvalue weighted by Crippen LogP contribution is 2.18. The summed E-state index contributed by atoms with van der Waals surface area (Å²) in [5.74, 6) is -0.286. The number of hydrogen-bond donors (Lipinski definition) is 2. The Bertz CT molecular complexity index is 675. The summed E-state index contributed by atoms with van der Waals surface area (Å²) in [6, 6.07) is 13.8. The molecule has 0 fully saturated rings. The third-order valence-electron chi connectivity index (χ3n) is 2.77. The van der Waals surface area contributed by atoms with Gasteiger partial charge in [0.25, 0.3) is 5.91 Å². The summed E-state index contributed by atoms with van der Waals surface area (Å²) in [4.78, 5) is 12.0. The smallest absolute Gasteiger partial charge is 0.253 e. The van der Waals surface area contributed by atoms with Crippen LogP contribution in [0.2, 0.25) is 5.02 Å². The molecule has 0 aromatic heterocycles. The summed E-state index contributed by atoms with van der Waals surface area (Å²) in [6.07, 6.45) is 0. The van der Waals surface area contributed by atoms with Crippen LogP contribution in [0.5, 0.6) is 0 Å². The molecule has 1 amide bonds. The van der Waals surface area contributed by atoms with Crippen molar-refractivity contribution in [2.45, 2.75) is 6.54 Å². The molecular weight excluding hydrogens is 274 g/mol. The molecule has 0 unspecified atom stereocenters. The van der Waals surface area contributed by atoms with Crippen LogP contribution in [0, 0.1) is 11.3 Å². The van der Waals surface area contributed by atoms with Gasteiger partial charge in [-0.1, -0.05) is 23.7 Å². The third-order valence-corrected chi connectivity index (χ3v) is 3.10. The number of anilines is 1. The number of carbonyl (C=O) groups is 1. The average molecular weight is 286 g/mol. The van der Waals surface area contributed by atoms with Crippen molar-refractivity contribution in [3.63, 3.8) is 0 Å². The lowest BCUT2D eigenvalue weighted by molar-refractivity contribution is 0.0951. The van der Waals surface area contributed by atoms with Gasteiger partial charge in [-0.05, 0) is 35.9 Å². The van der Waals surface area contributed by atoms with Crippen molar-refractivity contribution in [1.82, 2.24) is 5.32 Å². The Morgan fingerprint density at radius 3 is 2.60 bits per heavy atom. The van der Waals surface area contributed by atoms with Crippen LogP contribution in [-0.2, 0) is 6.54 Å². The standard InChI is InChI=1S/C15H12ClN3O/c16-14-6-5-12(18)7-13(14)15(20)19-9-11-3-1-10(8-17)2-4-11/h1-7H,9,18H2,(H,19,20). The van der Waals surface area contributed by atoms with E-state index in [0.717, 1.165) is 5.56 Å². The van der Waals surface area contributed by atoms with E-state index in [1.807, 2.05) is 6.07 Å². The zero-order valence-electron chi connectivity index (χ0n) is 10.6. The Morgan fingerprint density at radius 1 is 1.25 bits per heavy atom. The molecule has 5 heteroatoms. The number of amides is 1. The van der Waals surface area contributed by atoms with Crippen molar-refractivity contribution >= 4 is 23.2 Å². The zero-order valence-corrected chi connectivity index (χ0v) is 11.3. The summed E-state index contributed by atoms with van der Waals surface area (Å²) in [5.41, 5.74) is 7.95. The molecule has 0 atom stereocenters.